The fraction of sp³-hybridized carbons (Fsp3) is 0.261. The Balaban J connectivity index is 1.28. The molecule has 2 aromatic carbocycles. The monoisotopic (exact) mass is 435 g/mol. The molecule has 1 aliphatic heterocycles. The van der Waals surface area contributed by atoms with Gasteiger partial charge in [0.15, 0.2) is 16.6 Å². The molecule has 1 aliphatic carbocycles. The second kappa shape index (κ2) is 8.03. The number of carbonyl (C=O) groups is 2. The second-order valence-electron chi connectivity index (χ2n) is 7.59. The van der Waals surface area contributed by atoms with Crippen LogP contribution in [0.5, 0.6) is 11.5 Å². The van der Waals surface area contributed by atoms with Crippen LogP contribution in [0.15, 0.2) is 42.5 Å². The third-order valence-electron chi connectivity index (χ3n) is 5.38. The normalized spacial score (nSPS) is 16.5. The van der Waals surface area contributed by atoms with Crippen molar-refractivity contribution in [3.63, 3.8) is 0 Å². The molecule has 1 atom stereocenters. The molecule has 0 spiro atoms. The maximum atomic E-state index is 12.9. The minimum absolute atomic E-state index is 0.114. The summed E-state index contributed by atoms with van der Waals surface area (Å²) in [5, 5.41) is 6.34. The Hall–Kier alpha value is -3.39. The van der Waals surface area contributed by atoms with E-state index in [-0.39, 0.29) is 17.7 Å². The summed E-state index contributed by atoms with van der Waals surface area (Å²) in [5.41, 5.74) is 3.08. The average molecular weight is 436 g/mol. The van der Waals surface area contributed by atoms with E-state index in [9.17, 15) is 9.59 Å². The highest BCUT2D eigenvalue weighted by Gasteiger charge is 2.33. The lowest BCUT2D eigenvalue weighted by molar-refractivity contribution is -0.117. The molecule has 3 aromatic rings. The number of thiazole rings is 1. The zero-order valence-electron chi connectivity index (χ0n) is 16.9. The highest BCUT2D eigenvalue weighted by molar-refractivity contribution is 7.16. The van der Waals surface area contributed by atoms with Crippen LogP contribution in [0.25, 0.3) is 0 Å². The van der Waals surface area contributed by atoms with Gasteiger partial charge in [-0.15, -0.1) is 11.3 Å². The Labute approximate surface area is 183 Å². The van der Waals surface area contributed by atoms with Crippen LogP contribution in [0.3, 0.4) is 0 Å². The Morgan fingerprint density at radius 1 is 1.03 bits per heavy atom. The van der Waals surface area contributed by atoms with E-state index in [4.69, 9.17) is 9.47 Å². The number of fused-ring (bicyclic) bond motifs is 2. The molecule has 0 fully saturated rings. The number of anilines is 2. The highest BCUT2D eigenvalue weighted by atomic mass is 32.1. The van der Waals surface area contributed by atoms with Crippen molar-refractivity contribution < 1.29 is 19.1 Å². The lowest BCUT2D eigenvalue weighted by atomic mass is 10.1. The number of ether oxygens (including phenoxy) is 2. The van der Waals surface area contributed by atoms with E-state index in [0.29, 0.717) is 47.5 Å². The van der Waals surface area contributed by atoms with Crippen molar-refractivity contribution >= 4 is 34.0 Å². The van der Waals surface area contributed by atoms with E-state index in [1.807, 2.05) is 19.1 Å². The van der Waals surface area contributed by atoms with Crippen molar-refractivity contribution in [2.45, 2.75) is 25.7 Å². The summed E-state index contributed by atoms with van der Waals surface area (Å²) in [6.07, 6.45) is 1.48. The number of aromatic nitrogens is 1. The second-order valence-corrected chi connectivity index (χ2v) is 8.67. The molecule has 5 rings (SSSR count). The first-order chi connectivity index (χ1) is 15.1. The molecule has 0 saturated carbocycles. The molecule has 0 unspecified atom stereocenters. The number of hydrogen-bond acceptors (Lipinski definition) is 6. The minimum atomic E-state index is -0.343. The van der Waals surface area contributed by atoms with Crippen molar-refractivity contribution in [3.05, 3.63) is 64.2 Å². The van der Waals surface area contributed by atoms with Crippen LogP contribution in [-0.2, 0) is 11.2 Å². The molecule has 158 valence electrons. The van der Waals surface area contributed by atoms with Crippen LogP contribution in [-0.4, -0.2) is 30.0 Å². The van der Waals surface area contributed by atoms with Crippen molar-refractivity contribution in [3.8, 4) is 11.5 Å². The lowest BCUT2D eigenvalue weighted by Crippen LogP contribution is -2.20. The first kappa shape index (κ1) is 19.6. The molecule has 2 amide bonds. The number of nitrogens with one attached hydrogen (secondary N) is 2. The first-order valence-electron chi connectivity index (χ1n) is 10.1. The Kier molecular flexibility index (Phi) is 5.07. The minimum Gasteiger partial charge on any atom is -0.486 e. The molecule has 31 heavy (non-hydrogen) atoms. The van der Waals surface area contributed by atoms with Gasteiger partial charge in [-0.25, -0.2) is 4.98 Å². The van der Waals surface area contributed by atoms with Crippen LogP contribution in [0, 0.1) is 6.92 Å². The summed E-state index contributed by atoms with van der Waals surface area (Å²) in [7, 11) is 0. The topological polar surface area (TPSA) is 89.6 Å². The zero-order valence-corrected chi connectivity index (χ0v) is 17.8. The van der Waals surface area contributed by atoms with Crippen LogP contribution >= 0.6 is 11.3 Å². The van der Waals surface area contributed by atoms with Gasteiger partial charge in [-0.2, -0.15) is 0 Å². The van der Waals surface area contributed by atoms with Gasteiger partial charge in [0.25, 0.3) is 5.91 Å². The van der Waals surface area contributed by atoms with E-state index < -0.39 is 0 Å². The maximum absolute atomic E-state index is 12.9. The van der Waals surface area contributed by atoms with Gasteiger partial charge in [-0.1, -0.05) is 17.7 Å². The molecule has 1 aromatic heterocycles. The van der Waals surface area contributed by atoms with Crippen LogP contribution in [0.4, 0.5) is 10.8 Å². The van der Waals surface area contributed by atoms with Crippen LogP contribution in [0.1, 0.15) is 38.8 Å². The summed E-state index contributed by atoms with van der Waals surface area (Å²) in [5.74, 6) is 0.651. The predicted molar refractivity (Wildman–Crippen MR) is 118 cm³/mol. The number of nitrogens with zero attached hydrogens (tertiary/aromatic N) is 1. The first-order valence-corrected chi connectivity index (χ1v) is 11.0. The molecule has 0 radical (unpaired) electrons. The Morgan fingerprint density at radius 2 is 1.81 bits per heavy atom. The Morgan fingerprint density at radius 3 is 2.61 bits per heavy atom. The summed E-state index contributed by atoms with van der Waals surface area (Å²) < 4.78 is 11.1. The van der Waals surface area contributed by atoms with Crippen molar-refractivity contribution in [1.29, 1.82) is 0 Å². The summed E-state index contributed by atoms with van der Waals surface area (Å²) in [6, 6.07) is 12.7. The van der Waals surface area contributed by atoms with Crippen molar-refractivity contribution in [1.82, 2.24) is 4.98 Å². The molecule has 8 heteroatoms. The van der Waals surface area contributed by atoms with Gasteiger partial charge in [0.1, 0.15) is 13.2 Å². The average Bonchev–Trinajstić information content (AvgIpc) is 3.34. The lowest BCUT2D eigenvalue weighted by Gasteiger charge is -2.19. The fourth-order valence-electron chi connectivity index (χ4n) is 3.76. The van der Waals surface area contributed by atoms with Crippen molar-refractivity contribution in [2.75, 3.05) is 23.8 Å². The van der Waals surface area contributed by atoms with E-state index in [1.165, 1.54) is 11.3 Å². The molecule has 7 nitrogen and oxygen atoms in total. The van der Waals surface area contributed by atoms with E-state index in [0.717, 1.165) is 22.6 Å². The predicted octanol–water partition coefficient (Wildman–Crippen LogP) is 4.14. The molecular formula is C23H21N3O4S. The van der Waals surface area contributed by atoms with Gasteiger partial charge in [0, 0.05) is 22.2 Å². The molecular weight excluding hydrogens is 414 g/mol. The number of rotatable bonds is 4. The number of amides is 2. The molecule has 2 heterocycles. The number of carbonyl (C=O) groups excluding carboxylic acids is 2. The largest absolute Gasteiger partial charge is 0.486 e. The molecule has 2 aliphatic rings. The zero-order chi connectivity index (χ0) is 21.4. The number of benzene rings is 2. The van der Waals surface area contributed by atoms with Crippen molar-refractivity contribution in [2.24, 2.45) is 0 Å². The third kappa shape index (κ3) is 3.98. The van der Waals surface area contributed by atoms with Gasteiger partial charge in [0.2, 0.25) is 5.91 Å². The van der Waals surface area contributed by atoms with Gasteiger partial charge >= 0.3 is 0 Å². The van der Waals surface area contributed by atoms with E-state index >= 15 is 0 Å². The van der Waals surface area contributed by atoms with Gasteiger partial charge < -0.3 is 14.8 Å². The molecule has 2 N–H and O–H groups in total. The van der Waals surface area contributed by atoms with E-state index in [2.05, 4.69) is 15.6 Å². The van der Waals surface area contributed by atoms with Gasteiger partial charge in [0.05, 0.1) is 11.6 Å². The highest BCUT2D eigenvalue weighted by Crippen LogP contribution is 2.39. The smallest absolute Gasteiger partial charge is 0.257 e. The number of hydrogen-bond donors (Lipinski definition) is 2. The number of aryl methyl sites for hydroxylation is 2. The molecule has 0 saturated heterocycles. The summed E-state index contributed by atoms with van der Waals surface area (Å²) in [4.78, 5) is 31.0. The molecule has 0 bridgehead atoms. The quantitative estimate of drug-likeness (QED) is 0.643. The maximum Gasteiger partial charge on any atom is 0.257 e. The van der Waals surface area contributed by atoms with Gasteiger partial charge in [-0.05, 0) is 44.0 Å². The Bertz CT molecular complexity index is 1160. The van der Waals surface area contributed by atoms with Gasteiger partial charge in [-0.3, -0.25) is 14.9 Å². The van der Waals surface area contributed by atoms with Crippen LogP contribution in [0.2, 0.25) is 0 Å². The fourth-order valence-corrected chi connectivity index (χ4v) is 4.79. The summed E-state index contributed by atoms with van der Waals surface area (Å²) >= 11 is 1.43. The van der Waals surface area contributed by atoms with E-state index in [1.54, 1.807) is 30.3 Å². The SMILES string of the molecule is Cc1ccc(C(=O)Nc2nc3c(s2)CC[C@@H]3C(=O)Nc2ccc3c(c2)OCCO3)cc1. The standard InChI is InChI=1S/C23H21N3O4S/c1-13-2-4-14(5-3-13)21(27)26-23-25-20-16(7-9-19(20)31-23)22(28)24-15-6-8-17-18(12-15)30-11-10-29-17/h2-6,8,12,16H,7,9-11H2,1H3,(H,24,28)(H,25,26,27)/t16-/m0/s1. The van der Waals surface area contributed by atoms with Crippen LogP contribution < -0.4 is 20.1 Å². The summed E-state index contributed by atoms with van der Waals surface area (Å²) in [6.45, 7) is 2.99. The third-order valence-corrected chi connectivity index (χ3v) is 6.42.